The maximum atomic E-state index is 5.95. The van der Waals surface area contributed by atoms with Crippen LogP contribution in [-0.2, 0) is 6.54 Å². The van der Waals surface area contributed by atoms with Crippen molar-refractivity contribution >= 4 is 11.6 Å². The first-order valence-corrected chi connectivity index (χ1v) is 4.67. The summed E-state index contributed by atoms with van der Waals surface area (Å²) in [5.41, 5.74) is 6.38. The van der Waals surface area contributed by atoms with Gasteiger partial charge in [-0.15, -0.1) is 5.92 Å². The Labute approximate surface area is 89.0 Å². The Morgan fingerprint density at radius 1 is 1.50 bits per heavy atom. The van der Waals surface area contributed by atoms with Crippen molar-refractivity contribution in [3.8, 4) is 17.6 Å². The van der Waals surface area contributed by atoms with Crippen molar-refractivity contribution in [1.82, 2.24) is 0 Å². The van der Waals surface area contributed by atoms with E-state index in [1.807, 2.05) is 12.1 Å². The Bertz CT molecular complexity index is 365. The fraction of sp³-hybridized carbons (Fsp3) is 0.273. The van der Waals surface area contributed by atoms with Gasteiger partial charge in [-0.1, -0.05) is 23.6 Å². The maximum absolute atomic E-state index is 5.95. The molecule has 0 aliphatic carbocycles. The van der Waals surface area contributed by atoms with E-state index in [4.69, 9.17) is 22.1 Å². The Morgan fingerprint density at radius 2 is 2.29 bits per heavy atom. The van der Waals surface area contributed by atoms with Crippen LogP contribution >= 0.6 is 11.6 Å². The van der Waals surface area contributed by atoms with Crippen LogP contribution in [0.2, 0.25) is 5.02 Å². The number of halogens is 1. The highest BCUT2D eigenvalue weighted by Crippen LogP contribution is 2.25. The molecule has 0 saturated carbocycles. The first-order chi connectivity index (χ1) is 6.79. The number of hydrogen-bond acceptors (Lipinski definition) is 2. The average Bonchev–Trinajstić information content (AvgIpc) is 2.18. The predicted octanol–water partition coefficient (Wildman–Crippen LogP) is 2.20. The van der Waals surface area contributed by atoms with E-state index in [2.05, 4.69) is 11.8 Å². The van der Waals surface area contributed by atoms with Crippen LogP contribution < -0.4 is 10.5 Å². The van der Waals surface area contributed by atoms with Gasteiger partial charge < -0.3 is 10.5 Å². The molecular formula is C11H12ClNO. The fourth-order valence-corrected chi connectivity index (χ4v) is 1.30. The van der Waals surface area contributed by atoms with Crippen molar-refractivity contribution in [3.05, 3.63) is 28.8 Å². The van der Waals surface area contributed by atoms with Gasteiger partial charge in [0.2, 0.25) is 0 Å². The molecule has 14 heavy (non-hydrogen) atoms. The number of nitrogens with two attached hydrogens (primary N) is 1. The second-order valence-electron chi connectivity index (χ2n) is 2.64. The van der Waals surface area contributed by atoms with E-state index >= 15 is 0 Å². The molecule has 2 nitrogen and oxygen atoms in total. The van der Waals surface area contributed by atoms with Crippen molar-refractivity contribution in [2.45, 2.75) is 13.5 Å². The molecule has 0 spiro atoms. The molecular weight excluding hydrogens is 198 g/mol. The molecule has 0 saturated heterocycles. The van der Waals surface area contributed by atoms with Crippen LogP contribution in [0, 0.1) is 11.8 Å². The zero-order valence-corrected chi connectivity index (χ0v) is 8.77. The third-order valence-corrected chi connectivity index (χ3v) is 2.11. The lowest BCUT2D eigenvalue weighted by Crippen LogP contribution is -2.03. The summed E-state index contributed by atoms with van der Waals surface area (Å²) >= 11 is 5.95. The van der Waals surface area contributed by atoms with Gasteiger partial charge in [0, 0.05) is 17.1 Å². The molecule has 1 aromatic carbocycles. The van der Waals surface area contributed by atoms with E-state index in [1.54, 1.807) is 13.0 Å². The molecule has 0 atom stereocenters. The van der Waals surface area contributed by atoms with Crippen LogP contribution in [-0.4, -0.2) is 6.61 Å². The van der Waals surface area contributed by atoms with Crippen LogP contribution in [0.25, 0.3) is 0 Å². The number of hydrogen-bond donors (Lipinski definition) is 1. The zero-order valence-electron chi connectivity index (χ0n) is 8.01. The summed E-state index contributed by atoms with van der Waals surface area (Å²) in [7, 11) is 0. The van der Waals surface area contributed by atoms with Gasteiger partial charge >= 0.3 is 0 Å². The minimum absolute atomic E-state index is 0.365. The molecule has 0 radical (unpaired) electrons. The van der Waals surface area contributed by atoms with Crippen LogP contribution in [0.1, 0.15) is 12.5 Å². The molecule has 74 valence electrons. The Hall–Kier alpha value is -1.17. The van der Waals surface area contributed by atoms with Gasteiger partial charge in [-0.05, 0) is 19.1 Å². The van der Waals surface area contributed by atoms with E-state index in [9.17, 15) is 0 Å². The van der Waals surface area contributed by atoms with Crippen molar-refractivity contribution in [2.75, 3.05) is 6.61 Å². The molecule has 3 heteroatoms. The lowest BCUT2D eigenvalue weighted by molar-refractivity contribution is 0.366. The SMILES string of the molecule is CC#CCOc1cccc(Cl)c1CN. The number of benzene rings is 1. The van der Waals surface area contributed by atoms with Gasteiger partial charge in [0.15, 0.2) is 0 Å². The van der Waals surface area contributed by atoms with E-state index < -0.39 is 0 Å². The van der Waals surface area contributed by atoms with Gasteiger partial charge in [0.05, 0.1) is 0 Å². The maximum Gasteiger partial charge on any atom is 0.149 e. The molecule has 0 fully saturated rings. The topological polar surface area (TPSA) is 35.2 Å². The average molecular weight is 210 g/mol. The Morgan fingerprint density at radius 3 is 2.93 bits per heavy atom. The van der Waals surface area contributed by atoms with E-state index in [0.29, 0.717) is 23.9 Å². The van der Waals surface area contributed by atoms with Crippen molar-refractivity contribution in [3.63, 3.8) is 0 Å². The van der Waals surface area contributed by atoms with Gasteiger partial charge in [0.1, 0.15) is 12.4 Å². The smallest absolute Gasteiger partial charge is 0.149 e. The predicted molar refractivity (Wildman–Crippen MR) is 58.3 cm³/mol. The molecule has 0 aromatic heterocycles. The molecule has 1 rings (SSSR count). The summed E-state index contributed by atoms with van der Waals surface area (Å²) in [6.07, 6.45) is 0. The Kier molecular flexibility index (Phi) is 4.31. The van der Waals surface area contributed by atoms with E-state index in [0.717, 1.165) is 5.56 Å². The number of ether oxygens (including phenoxy) is 1. The van der Waals surface area contributed by atoms with Crippen molar-refractivity contribution < 1.29 is 4.74 Å². The standard InChI is InChI=1S/C11H12ClNO/c1-2-3-7-14-11-6-4-5-10(12)9(11)8-13/h4-6H,7-8,13H2,1H3. The van der Waals surface area contributed by atoms with Crippen LogP contribution in [0.5, 0.6) is 5.75 Å². The third-order valence-electron chi connectivity index (χ3n) is 1.76. The lowest BCUT2D eigenvalue weighted by atomic mass is 10.2. The van der Waals surface area contributed by atoms with Gasteiger partial charge in [0.25, 0.3) is 0 Å². The summed E-state index contributed by atoms with van der Waals surface area (Å²) in [6, 6.07) is 5.46. The van der Waals surface area contributed by atoms with Crippen molar-refractivity contribution in [2.24, 2.45) is 5.73 Å². The Balaban J connectivity index is 2.83. The summed E-state index contributed by atoms with van der Waals surface area (Å²) in [5, 5.41) is 0.634. The van der Waals surface area contributed by atoms with E-state index in [1.165, 1.54) is 0 Å². The molecule has 2 N–H and O–H groups in total. The second-order valence-corrected chi connectivity index (χ2v) is 3.04. The lowest BCUT2D eigenvalue weighted by Gasteiger charge is -2.08. The molecule has 0 aliphatic rings. The molecule has 0 unspecified atom stereocenters. The highest BCUT2D eigenvalue weighted by atomic mass is 35.5. The van der Waals surface area contributed by atoms with Crippen LogP contribution in [0.4, 0.5) is 0 Å². The second kappa shape index (κ2) is 5.54. The summed E-state index contributed by atoms with van der Waals surface area (Å²) in [5.74, 6) is 6.27. The normalized spacial score (nSPS) is 9.07. The highest BCUT2D eigenvalue weighted by Gasteiger charge is 2.05. The summed E-state index contributed by atoms with van der Waals surface area (Å²) < 4.78 is 5.41. The fourth-order valence-electron chi connectivity index (χ4n) is 1.06. The molecule has 0 aliphatic heterocycles. The van der Waals surface area contributed by atoms with Gasteiger partial charge in [-0.2, -0.15) is 0 Å². The molecule has 0 heterocycles. The van der Waals surface area contributed by atoms with Gasteiger partial charge in [-0.25, -0.2) is 0 Å². The quantitative estimate of drug-likeness (QED) is 0.775. The summed E-state index contributed by atoms with van der Waals surface area (Å²) in [6.45, 7) is 2.50. The van der Waals surface area contributed by atoms with E-state index in [-0.39, 0.29) is 0 Å². The minimum Gasteiger partial charge on any atom is -0.481 e. The largest absolute Gasteiger partial charge is 0.481 e. The monoisotopic (exact) mass is 209 g/mol. The van der Waals surface area contributed by atoms with Crippen LogP contribution in [0.3, 0.4) is 0 Å². The first kappa shape index (κ1) is 10.9. The van der Waals surface area contributed by atoms with Crippen molar-refractivity contribution in [1.29, 1.82) is 0 Å². The minimum atomic E-state index is 0.365. The molecule has 1 aromatic rings. The highest BCUT2D eigenvalue weighted by molar-refractivity contribution is 6.31. The third kappa shape index (κ3) is 2.66. The van der Waals surface area contributed by atoms with Gasteiger partial charge in [-0.3, -0.25) is 0 Å². The zero-order chi connectivity index (χ0) is 10.4. The summed E-state index contributed by atoms with van der Waals surface area (Å²) in [4.78, 5) is 0. The first-order valence-electron chi connectivity index (χ1n) is 4.29. The number of rotatable bonds is 3. The molecule has 0 bridgehead atoms. The molecule has 0 amide bonds. The van der Waals surface area contributed by atoms with Crippen LogP contribution in [0.15, 0.2) is 18.2 Å².